The van der Waals surface area contributed by atoms with Gasteiger partial charge in [-0.2, -0.15) is 0 Å². The molecule has 0 N–H and O–H groups in total. The third-order valence-electron chi connectivity index (χ3n) is 1.66. The Morgan fingerprint density at radius 1 is 1.43 bits per heavy atom. The number of ketones is 1. The van der Waals surface area contributed by atoms with Gasteiger partial charge in [-0.3, -0.25) is 4.79 Å². The van der Waals surface area contributed by atoms with Crippen LogP contribution in [-0.2, 0) is 0 Å². The van der Waals surface area contributed by atoms with Crippen molar-refractivity contribution in [1.29, 1.82) is 0 Å². The summed E-state index contributed by atoms with van der Waals surface area (Å²) < 4.78 is 22.9. The molecule has 0 atom stereocenters. The summed E-state index contributed by atoms with van der Waals surface area (Å²) in [6.45, 7) is 1.23. The molecular weight excluding hydrogens is 189 g/mol. The highest BCUT2D eigenvalue weighted by molar-refractivity contribution is 5.93. The topological polar surface area (TPSA) is 48.4 Å². The zero-order chi connectivity index (χ0) is 10.7. The Balaban J connectivity index is 3.34. The maximum absolute atomic E-state index is 13.4. The molecule has 1 aromatic rings. The van der Waals surface area contributed by atoms with Crippen molar-refractivity contribution in [3.05, 3.63) is 17.6 Å². The summed E-state index contributed by atoms with van der Waals surface area (Å²) in [6, 6.07) is 1.28. The van der Waals surface area contributed by atoms with Crippen LogP contribution in [0, 0.1) is 5.82 Å². The number of pyridine rings is 1. The fraction of sp³-hybridized carbons (Fsp3) is 0.333. The SMILES string of the molecule is COc1cc(OC)c(F)c(C(C)=O)n1. The van der Waals surface area contributed by atoms with E-state index in [4.69, 9.17) is 9.47 Å². The van der Waals surface area contributed by atoms with Gasteiger partial charge in [-0.1, -0.05) is 0 Å². The summed E-state index contributed by atoms with van der Waals surface area (Å²) in [5.41, 5.74) is -0.277. The zero-order valence-corrected chi connectivity index (χ0v) is 8.13. The van der Waals surface area contributed by atoms with E-state index in [1.807, 2.05) is 0 Å². The van der Waals surface area contributed by atoms with Crippen molar-refractivity contribution in [2.24, 2.45) is 0 Å². The van der Waals surface area contributed by atoms with Crippen molar-refractivity contribution in [1.82, 2.24) is 4.98 Å². The van der Waals surface area contributed by atoms with Gasteiger partial charge >= 0.3 is 0 Å². The Kier molecular flexibility index (Phi) is 3.01. The second-order valence-electron chi connectivity index (χ2n) is 2.59. The molecule has 1 heterocycles. The maximum Gasteiger partial charge on any atom is 0.217 e. The highest BCUT2D eigenvalue weighted by Gasteiger charge is 2.16. The van der Waals surface area contributed by atoms with Gasteiger partial charge in [-0.15, -0.1) is 0 Å². The number of hydrogen-bond acceptors (Lipinski definition) is 4. The molecule has 1 aromatic heterocycles. The Labute approximate surface area is 80.7 Å². The molecule has 0 aromatic carbocycles. The molecule has 5 heteroatoms. The summed E-state index contributed by atoms with van der Waals surface area (Å²) in [7, 11) is 2.69. The van der Waals surface area contributed by atoms with Crippen LogP contribution in [0.25, 0.3) is 0 Å². The largest absolute Gasteiger partial charge is 0.493 e. The first kappa shape index (κ1) is 10.4. The summed E-state index contributed by atoms with van der Waals surface area (Å²) in [5.74, 6) is -1.14. The minimum Gasteiger partial charge on any atom is -0.493 e. The molecule has 4 nitrogen and oxygen atoms in total. The van der Waals surface area contributed by atoms with E-state index in [0.29, 0.717) is 0 Å². The molecule has 0 aliphatic rings. The molecule has 0 radical (unpaired) electrons. The third kappa shape index (κ3) is 1.81. The molecule has 0 aliphatic carbocycles. The molecule has 0 aliphatic heterocycles. The van der Waals surface area contributed by atoms with E-state index >= 15 is 0 Å². The van der Waals surface area contributed by atoms with Crippen LogP contribution in [0.3, 0.4) is 0 Å². The average molecular weight is 199 g/mol. The summed E-state index contributed by atoms with van der Waals surface area (Å²) in [6.07, 6.45) is 0. The molecule has 0 bridgehead atoms. The lowest BCUT2D eigenvalue weighted by atomic mass is 10.2. The van der Waals surface area contributed by atoms with Crippen molar-refractivity contribution in [2.75, 3.05) is 14.2 Å². The van der Waals surface area contributed by atoms with E-state index < -0.39 is 11.6 Å². The molecule has 76 valence electrons. The normalized spacial score (nSPS) is 9.71. The first-order valence-corrected chi connectivity index (χ1v) is 3.89. The molecule has 0 unspecified atom stereocenters. The first-order chi connectivity index (χ1) is 6.60. The van der Waals surface area contributed by atoms with Gasteiger partial charge in [0.05, 0.1) is 14.2 Å². The van der Waals surface area contributed by atoms with Crippen LogP contribution in [0.15, 0.2) is 6.07 Å². The quantitative estimate of drug-likeness (QED) is 0.691. The number of carbonyl (C=O) groups excluding carboxylic acids is 1. The van der Waals surface area contributed by atoms with Gasteiger partial charge in [-0.25, -0.2) is 9.37 Å². The van der Waals surface area contributed by atoms with Crippen LogP contribution in [-0.4, -0.2) is 25.0 Å². The zero-order valence-electron chi connectivity index (χ0n) is 8.13. The van der Waals surface area contributed by atoms with Crippen LogP contribution in [0.1, 0.15) is 17.4 Å². The summed E-state index contributed by atoms with van der Waals surface area (Å²) in [4.78, 5) is 14.7. The van der Waals surface area contributed by atoms with Crippen molar-refractivity contribution in [2.45, 2.75) is 6.92 Å². The predicted octanol–water partition coefficient (Wildman–Crippen LogP) is 1.44. The molecule has 0 saturated heterocycles. The number of carbonyl (C=O) groups is 1. The monoisotopic (exact) mass is 199 g/mol. The second-order valence-corrected chi connectivity index (χ2v) is 2.59. The van der Waals surface area contributed by atoms with Crippen molar-refractivity contribution >= 4 is 5.78 Å². The number of halogens is 1. The van der Waals surface area contributed by atoms with Crippen LogP contribution in [0.4, 0.5) is 4.39 Å². The van der Waals surface area contributed by atoms with Crippen LogP contribution >= 0.6 is 0 Å². The highest BCUT2D eigenvalue weighted by atomic mass is 19.1. The van der Waals surface area contributed by atoms with Gasteiger partial charge in [0.1, 0.15) is 5.69 Å². The van der Waals surface area contributed by atoms with Crippen molar-refractivity contribution in [3.63, 3.8) is 0 Å². The number of ether oxygens (including phenoxy) is 2. The van der Waals surface area contributed by atoms with Gasteiger partial charge in [-0.05, 0) is 0 Å². The van der Waals surface area contributed by atoms with Gasteiger partial charge in [0.2, 0.25) is 5.88 Å². The van der Waals surface area contributed by atoms with E-state index in [1.165, 1.54) is 27.2 Å². The minimum absolute atomic E-state index is 0.0537. The van der Waals surface area contributed by atoms with Gasteiger partial charge < -0.3 is 9.47 Å². The molecule has 0 fully saturated rings. The standard InChI is InChI=1S/C9H10FNO3/c1-5(12)9-8(10)6(13-2)4-7(11-9)14-3/h4H,1-3H3. The number of hydrogen-bond donors (Lipinski definition) is 0. The summed E-state index contributed by atoms with van der Waals surface area (Å²) in [5, 5.41) is 0. The van der Waals surface area contributed by atoms with Crippen molar-refractivity contribution < 1.29 is 18.7 Å². The fourth-order valence-electron chi connectivity index (χ4n) is 0.970. The number of aromatic nitrogens is 1. The Morgan fingerprint density at radius 2 is 2.07 bits per heavy atom. The average Bonchev–Trinajstić information content (AvgIpc) is 2.17. The van der Waals surface area contributed by atoms with Gasteiger partial charge in [0.25, 0.3) is 0 Å². The lowest BCUT2D eigenvalue weighted by Gasteiger charge is -2.06. The number of Topliss-reactive ketones (excluding diaryl/α,β-unsaturated/α-hetero) is 1. The van der Waals surface area contributed by atoms with E-state index in [1.54, 1.807) is 0 Å². The Bertz CT molecular complexity index is 365. The summed E-state index contributed by atoms with van der Waals surface area (Å²) >= 11 is 0. The van der Waals surface area contributed by atoms with Gasteiger partial charge in [0, 0.05) is 13.0 Å². The fourth-order valence-corrected chi connectivity index (χ4v) is 0.970. The number of methoxy groups -OCH3 is 2. The van der Waals surface area contributed by atoms with Crippen LogP contribution in [0.5, 0.6) is 11.6 Å². The molecule has 14 heavy (non-hydrogen) atoms. The Hall–Kier alpha value is -1.65. The molecular formula is C9H10FNO3. The van der Waals surface area contributed by atoms with Gasteiger partial charge in [0.15, 0.2) is 17.3 Å². The number of nitrogens with zero attached hydrogens (tertiary/aromatic N) is 1. The lowest BCUT2D eigenvalue weighted by molar-refractivity contribution is 0.100. The van der Waals surface area contributed by atoms with E-state index in [0.717, 1.165) is 0 Å². The predicted molar refractivity (Wildman–Crippen MR) is 47.3 cm³/mol. The molecule has 0 amide bonds. The maximum atomic E-state index is 13.4. The second kappa shape index (κ2) is 4.04. The van der Waals surface area contributed by atoms with E-state index in [-0.39, 0.29) is 17.3 Å². The minimum atomic E-state index is -0.763. The van der Waals surface area contributed by atoms with Crippen molar-refractivity contribution in [3.8, 4) is 11.6 Å². The number of rotatable bonds is 3. The molecule has 0 saturated carbocycles. The van der Waals surface area contributed by atoms with E-state index in [9.17, 15) is 9.18 Å². The highest BCUT2D eigenvalue weighted by Crippen LogP contribution is 2.24. The lowest BCUT2D eigenvalue weighted by Crippen LogP contribution is -2.05. The third-order valence-corrected chi connectivity index (χ3v) is 1.66. The van der Waals surface area contributed by atoms with Crippen LogP contribution in [0.2, 0.25) is 0 Å². The molecule has 1 rings (SSSR count). The van der Waals surface area contributed by atoms with E-state index in [2.05, 4.69) is 4.98 Å². The first-order valence-electron chi connectivity index (χ1n) is 3.89. The smallest absolute Gasteiger partial charge is 0.217 e. The Morgan fingerprint density at radius 3 is 2.50 bits per heavy atom. The molecule has 0 spiro atoms. The van der Waals surface area contributed by atoms with Crippen LogP contribution < -0.4 is 9.47 Å².